The molecule has 0 saturated carbocycles. The molecule has 0 fully saturated rings. The first-order valence-electron chi connectivity index (χ1n) is 5.54. The summed E-state index contributed by atoms with van der Waals surface area (Å²) in [6.45, 7) is 3.70. The lowest BCUT2D eigenvalue weighted by Crippen LogP contribution is -2.40. The molecule has 1 atom stereocenters. The molecule has 6 heteroatoms. The molecular weight excluding hydrogens is 256 g/mol. The Morgan fingerprint density at radius 1 is 1.44 bits per heavy atom. The van der Waals surface area contributed by atoms with Crippen molar-refractivity contribution in [1.29, 1.82) is 0 Å². The van der Waals surface area contributed by atoms with E-state index in [4.69, 9.17) is 16.7 Å². The predicted octanol–water partition coefficient (Wildman–Crippen LogP) is 1.96. The summed E-state index contributed by atoms with van der Waals surface area (Å²) in [5.41, 5.74) is 0.218. The van der Waals surface area contributed by atoms with Crippen molar-refractivity contribution in [3.63, 3.8) is 0 Å². The van der Waals surface area contributed by atoms with Crippen LogP contribution >= 0.6 is 11.6 Å². The van der Waals surface area contributed by atoms with Crippen LogP contribution in [0.15, 0.2) is 18.3 Å². The lowest BCUT2D eigenvalue weighted by Gasteiger charge is -2.20. The molecule has 1 aromatic heterocycles. The fraction of sp³-hybridized carbons (Fsp3) is 0.417. The van der Waals surface area contributed by atoms with Crippen LogP contribution in [-0.4, -0.2) is 28.0 Å². The monoisotopic (exact) mass is 270 g/mol. The Labute approximate surface area is 110 Å². The van der Waals surface area contributed by atoms with Crippen LogP contribution in [0.4, 0.5) is 0 Å². The third kappa shape index (κ3) is 4.33. The van der Waals surface area contributed by atoms with E-state index < -0.39 is 17.9 Å². The molecule has 1 heterocycles. The molecule has 1 aromatic rings. The van der Waals surface area contributed by atoms with E-state index in [1.54, 1.807) is 6.07 Å². The maximum atomic E-state index is 11.8. The van der Waals surface area contributed by atoms with Gasteiger partial charge < -0.3 is 10.4 Å². The zero-order chi connectivity index (χ0) is 13.7. The van der Waals surface area contributed by atoms with E-state index in [1.165, 1.54) is 12.3 Å². The van der Waals surface area contributed by atoms with Gasteiger partial charge >= 0.3 is 5.97 Å². The average Bonchev–Trinajstić information content (AvgIpc) is 2.28. The molecule has 5 nitrogen and oxygen atoms in total. The molecule has 1 amide bonds. The number of hydrogen-bond acceptors (Lipinski definition) is 3. The topological polar surface area (TPSA) is 79.3 Å². The molecule has 0 aromatic carbocycles. The number of aliphatic carboxylic acids is 1. The number of nitrogens with zero attached hydrogens (tertiary/aromatic N) is 1. The molecule has 98 valence electrons. The summed E-state index contributed by atoms with van der Waals surface area (Å²) in [7, 11) is 0. The summed E-state index contributed by atoms with van der Waals surface area (Å²) >= 11 is 5.67. The van der Waals surface area contributed by atoms with Crippen molar-refractivity contribution in [2.24, 2.45) is 5.92 Å². The minimum atomic E-state index is -0.946. The molecule has 0 aliphatic carbocycles. The Morgan fingerprint density at radius 3 is 2.56 bits per heavy atom. The van der Waals surface area contributed by atoms with Crippen LogP contribution in [-0.2, 0) is 4.79 Å². The molecule has 0 aliphatic heterocycles. The summed E-state index contributed by atoms with van der Waals surface area (Å²) in [4.78, 5) is 26.4. The summed E-state index contributed by atoms with van der Waals surface area (Å²) in [5.74, 6) is -1.32. The number of halogens is 1. The first-order valence-corrected chi connectivity index (χ1v) is 5.92. The summed E-state index contributed by atoms with van der Waals surface area (Å²) < 4.78 is 0. The van der Waals surface area contributed by atoms with Gasteiger partial charge in [-0.25, -0.2) is 4.98 Å². The second-order valence-electron chi connectivity index (χ2n) is 4.28. The van der Waals surface area contributed by atoms with E-state index in [-0.39, 0.29) is 18.0 Å². The number of carbonyl (C=O) groups is 2. The van der Waals surface area contributed by atoms with E-state index in [9.17, 15) is 9.59 Å². The molecule has 1 rings (SSSR count). The third-order valence-electron chi connectivity index (χ3n) is 2.48. The Hall–Kier alpha value is -1.62. The Kier molecular flexibility index (Phi) is 5.09. The molecule has 1 unspecified atom stereocenters. The number of pyridine rings is 1. The maximum absolute atomic E-state index is 11.8. The van der Waals surface area contributed by atoms with Crippen molar-refractivity contribution < 1.29 is 14.7 Å². The third-order valence-corrected chi connectivity index (χ3v) is 2.70. The Balaban J connectivity index is 2.72. The highest BCUT2D eigenvalue weighted by Gasteiger charge is 2.20. The predicted molar refractivity (Wildman–Crippen MR) is 67.6 cm³/mol. The number of aromatic nitrogens is 1. The van der Waals surface area contributed by atoms with Crippen LogP contribution < -0.4 is 5.32 Å². The second-order valence-corrected chi connectivity index (χ2v) is 4.72. The molecule has 0 saturated heterocycles. The highest BCUT2D eigenvalue weighted by atomic mass is 35.5. The number of carboxylic acid groups (broad SMARTS) is 1. The maximum Gasteiger partial charge on any atom is 0.305 e. The van der Waals surface area contributed by atoms with Gasteiger partial charge in [0.05, 0.1) is 11.4 Å². The average molecular weight is 271 g/mol. The zero-order valence-electron chi connectivity index (χ0n) is 10.2. The fourth-order valence-corrected chi connectivity index (χ4v) is 1.51. The van der Waals surface area contributed by atoms with Crippen LogP contribution in [0.5, 0.6) is 0 Å². The largest absolute Gasteiger partial charge is 0.481 e. The SMILES string of the molecule is CC(C)C(CC(=O)O)NC(=O)c1ccc(Cl)cn1. The van der Waals surface area contributed by atoms with E-state index in [1.807, 2.05) is 13.8 Å². The summed E-state index contributed by atoms with van der Waals surface area (Å²) in [5, 5.41) is 11.9. The van der Waals surface area contributed by atoms with Gasteiger partial charge in [0.15, 0.2) is 0 Å². The molecule has 0 aliphatic rings. The highest BCUT2D eigenvalue weighted by Crippen LogP contribution is 2.09. The minimum absolute atomic E-state index is 0.0253. The smallest absolute Gasteiger partial charge is 0.305 e. The van der Waals surface area contributed by atoms with Crippen LogP contribution in [0.2, 0.25) is 5.02 Å². The van der Waals surface area contributed by atoms with E-state index in [2.05, 4.69) is 10.3 Å². The van der Waals surface area contributed by atoms with Gasteiger partial charge in [-0.3, -0.25) is 9.59 Å². The van der Waals surface area contributed by atoms with Crippen molar-refractivity contribution in [1.82, 2.24) is 10.3 Å². The quantitative estimate of drug-likeness (QED) is 0.857. The Bertz CT molecular complexity index is 431. The van der Waals surface area contributed by atoms with Gasteiger partial charge in [-0.05, 0) is 18.1 Å². The molecule has 0 spiro atoms. The van der Waals surface area contributed by atoms with Crippen molar-refractivity contribution in [3.8, 4) is 0 Å². The molecule has 0 bridgehead atoms. The molecular formula is C12H15ClN2O3. The summed E-state index contributed by atoms with van der Waals surface area (Å²) in [6, 6.07) is 2.63. The van der Waals surface area contributed by atoms with E-state index in [0.717, 1.165) is 0 Å². The number of carbonyl (C=O) groups excluding carboxylic acids is 1. The van der Waals surface area contributed by atoms with Gasteiger partial charge in [-0.1, -0.05) is 25.4 Å². The van der Waals surface area contributed by atoms with Crippen LogP contribution in [0, 0.1) is 5.92 Å². The first kappa shape index (κ1) is 14.4. The van der Waals surface area contributed by atoms with Crippen LogP contribution in [0.25, 0.3) is 0 Å². The van der Waals surface area contributed by atoms with Gasteiger partial charge in [-0.2, -0.15) is 0 Å². The van der Waals surface area contributed by atoms with Gasteiger partial charge in [0.25, 0.3) is 5.91 Å². The number of hydrogen-bond donors (Lipinski definition) is 2. The molecule has 2 N–H and O–H groups in total. The van der Waals surface area contributed by atoms with Crippen molar-refractivity contribution in [2.45, 2.75) is 26.3 Å². The Morgan fingerprint density at radius 2 is 2.11 bits per heavy atom. The second kappa shape index (κ2) is 6.35. The number of nitrogens with one attached hydrogen (secondary N) is 1. The normalized spacial score (nSPS) is 12.2. The fourth-order valence-electron chi connectivity index (χ4n) is 1.39. The van der Waals surface area contributed by atoms with Crippen molar-refractivity contribution in [3.05, 3.63) is 29.0 Å². The number of rotatable bonds is 5. The van der Waals surface area contributed by atoms with E-state index >= 15 is 0 Å². The van der Waals surface area contributed by atoms with Gasteiger partial charge in [0.2, 0.25) is 0 Å². The summed E-state index contributed by atoms with van der Waals surface area (Å²) in [6.07, 6.45) is 1.26. The molecule has 18 heavy (non-hydrogen) atoms. The standard InChI is InChI=1S/C12H15ClN2O3/c1-7(2)10(5-11(16)17)15-12(18)9-4-3-8(13)6-14-9/h3-4,6-7,10H,5H2,1-2H3,(H,15,18)(H,16,17). The lowest BCUT2D eigenvalue weighted by molar-refractivity contribution is -0.137. The minimum Gasteiger partial charge on any atom is -0.481 e. The molecule has 0 radical (unpaired) electrons. The first-order chi connectivity index (χ1) is 8.40. The number of amides is 1. The van der Waals surface area contributed by atoms with Gasteiger partial charge in [0.1, 0.15) is 5.69 Å². The van der Waals surface area contributed by atoms with Crippen LogP contribution in [0.1, 0.15) is 30.8 Å². The highest BCUT2D eigenvalue weighted by molar-refractivity contribution is 6.30. The zero-order valence-corrected chi connectivity index (χ0v) is 10.9. The number of carboxylic acids is 1. The van der Waals surface area contributed by atoms with E-state index in [0.29, 0.717) is 5.02 Å². The van der Waals surface area contributed by atoms with Crippen molar-refractivity contribution in [2.75, 3.05) is 0 Å². The van der Waals surface area contributed by atoms with Gasteiger partial charge in [-0.15, -0.1) is 0 Å². The van der Waals surface area contributed by atoms with Crippen LogP contribution in [0.3, 0.4) is 0 Å². The lowest BCUT2D eigenvalue weighted by atomic mass is 10.0. The van der Waals surface area contributed by atoms with Crippen molar-refractivity contribution >= 4 is 23.5 Å². The van der Waals surface area contributed by atoms with Gasteiger partial charge in [0, 0.05) is 12.2 Å².